The van der Waals surface area contributed by atoms with Crippen molar-refractivity contribution in [1.82, 2.24) is 10.6 Å². The van der Waals surface area contributed by atoms with Crippen LogP contribution in [0.25, 0.3) is 11.0 Å². The monoisotopic (exact) mass is 352 g/mol. The molecule has 1 heterocycles. The highest BCUT2D eigenvalue weighted by atomic mass is 16.5. The molecule has 5 heteroatoms. The second-order valence-electron chi connectivity index (χ2n) is 6.23. The van der Waals surface area contributed by atoms with E-state index in [2.05, 4.69) is 10.6 Å². The van der Waals surface area contributed by atoms with Crippen LogP contribution in [-0.2, 0) is 0 Å². The van der Waals surface area contributed by atoms with E-state index < -0.39 is 0 Å². The molecule has 0 spiro atoms. The number of urea groups is 1. The van der Waals surface area contributed by atoms with Gasteiger partial charge in [-0.15, -0.1) is 0 Å². The highest BCUT2D eigenvalue weighted by molar-refractivity contribution is 5.84. The summed E-state index contributed by atoms with van der Waals surface area (Å²) in [5.41, 5.74) is 1.76. The normalized spacial score (nSPS) is 13.2. The van der Waals surface area contributed by atoms with Crippen molar-refractivity contribution in [2.75, 3.05) is 6.61 Å². The zero-order valence-electron chi connectivity index (χ0n) is 15.3. The van der Waals surface area contributed by atoms with E-state index in [1.165, 1.54) is 0 Å². The number of para-hydroxylation sites is 1. The Morgan fingerprint density at radius 1 is 1.04 bits per heavy atom. The molecule has 2 atom stereocenters. The number of ether oxygens (including phenoxy) is 1. The minimum Gasteiger partial charge on any atom is -0.490 e. The van der Waals surface area contributed by atoms with Crippen LogP contribution < -0.4 is 15.4 Å². The number of benzene rings is 2. The zero-order valence-corrected chi connectivity index (χ0v) is 15.3. The molecular formula is C21H24N2O3. The summed E-state index contributed by atoms with van der Waals surface area (Å²) in [5, 5.41) is 6.83. The second-order valence-corrected chi connectivity index (χ2v) is 6.23. The number of hydrogen-bond donors (Lipinski definition) is 2. The fraction of sp³-hybridized carbons (Fsp3) is 0.286. The first-order valence-electron chi connectivity index (χ1n) is 8.85. The van der Waals surface area contributed by atoms with Crippen molar-refractivity contribution in [2.45, 2.75) is 32.9 Å². The van der Waals surface area contributed by atoms with Gasteiger partial charge in [-0.05, 0) is 38.5 Å². The predicted octanol–water partition coefficient (Wildman–Crippen LogP) is 4.95. The molecule has 0 unspecified atom stereocenters. The SMILES string of the molecule is CCOc1cccc2cc([C@H](C)NC(=O)N[C@H](C)c3ccccc3)oc12. The lowest BCUT2D eigenvalue weighted by atomic mass is 10.1. The molecule has 5 nitrogen and oxygen atoms in total. The van der Waals surface area contributed by atoms with Gasteiger partial charge in [-0.2, -0.15) is 0 Å². The highest BCUT2D eigenvalue weighted by Crippen LogP contribution is 2.31. The number of furan rings is 1. The maximum atomic E-state index is 12.3. The molecule has 0 radical (unpaired) electrons. The number of amides is 2. The lowest BCUT2D eigenvalue weighted by molar-refractivity contribution is 0.233. The van der Waals surface area contributed by atoms with Crippen LogP contribution in [0.3, 0.4) is 0 Å². The summed E-state index contributed by atoms with van der Waals surface area (Å²) in [7, 11) is 0. The van der Waals surface area contributed by atoms with Crippen LogP contribution in [-0.4, -0.2) is 12.6 Å². The Bertz CT molecular complexity index is 873. The number of fused-ring (bicyclic) bond motifs is 1. The topological polar surface area (TPSA) is 63.5 Å². The maximum Gasteiger partial charge on any atom is 0.315 e. The molecule has 3 aromatic rings. The standard InChI is InChI=1S/C21H24N2O3/c1-4-25-18-12-8-11-17-13-19(26-20(17)18)15(3)23-21(24)22-14(2)16-9-6-5-7-10-16/h5-15H,4H2,1-3H3,(H2,22,23,24)/t14-,15+/m1/s1. The van der Waals surface area contributed by atoms with E-state index in [4.69, 9.17) is 9.15 Å². The minimum atomic E-state index is -0.264. The van der Waals surface area contributed by atoms with Crippen LogP contribution in [0, 0.1) is 0 Å². The second kappa shape index (κ2) is 7.95. The average molecular weight is 352 g/mol. The van der Waals surface area contributed by atoms with E-state index in [0.29, 0.717) is 23.7 Å². The molecule has 0 aliphatic carbocycles. The Balaban J connectivity index is 1.67. The fourth-order valence-corrected chi connectivity index (χ4v) is 2.87. The van der Waals surface area contributed by atoms with Gasteiger partial charge >= 0.3 is 6.03 Å². The first-order valence-corrected chi connectivity index (χ1v) is 8.85. The Kier molecular flexibility index (Phi) is 5.46. The third-order valence-corrected chi connectivity index (χ3v) is 4.25. The van der Waals surface area contributed by atoms with Gasteiger partial charge in [0.05, 0.1) is 18.7 Å². The molecule has 0 fully saturated rings. The number of carbonyl (C=O) groups excluding carboxylic acids is 1. The van der Waals surface area contributed by atoms with E-state index in [1.807, 2.05) is 75.4 Å². The quantitative estimate of drug-likeness (QED) is 0.659. The summed E-state index contributed by atoms with van der Waals surface area (Å²) in [4.78, 5) is 12.3. The van der Waals surface area contributed by atoms with Crippen LogP contribution in [0.1, 0.15) is 44.2 Å². The molecule has 0 saturated heterocycles. The van der Waals surface area contributed by atoms with Crippen molar-refractivity contribution in [2.24, 2.45) is 0 Å². The molecule has 1 aromatic heterocycles. The number of rotatable bonds is 6. The Morgan fingerprint density at radius 2 is 1.77 bits per heavy atom. The number of carbonyl (C=O) groups is 1. The van der Waals surface area contributed by atoms with E-state index >= 15 is 0 Å². The molecule has 0 bridgehead atoms. The first kappa shape index (κ1) is 17.9. The smallest absolute Gasteiger partial charge is 0.315 e. The first-order chi connectivity index (χ1) is 12.6. The Hall–Kier alpha value is -2.95. The average Bonchev–Trinajstić information content (AvgIpc) is 3.08. The van der Waals surface area contributed by atoms with Crippen molar-refractivity contribution in [3.8, 4) is 5.75 Å². The molecule has 136 valence electrons. The van der Waals surface area contributed by atoms with Gasteiger partial charge in [-0.25, -0.2) is 4.79 Å². The van der Waals surface area contributed by atoms with Crippen molar-refractivity contribution in [1.29, 1.82) is 0 Å². The third kappa shape index (κ3) is 3.99. The number of nitrogens with one attached hydrogen (secondary N) is 2. The summed E-state index contributed by atoms with van der Waals surface area (Å²) in [6.45, 7) is 6.35. The summed E-state index contributed by atoms with van der Waals surface area (Å²) in [6.07, 6.45) is 0. The fourth-order valence-electron chi connectivity index (χ4n) is 2.87. The molecule has 0 aliphatic rings. The molecule has 0 aliphatic heterocycles. The lowest BCUT2D eigenvalue weighted by Crippen LogP contribution is -2.38. The molecule has 0 saturated carbocycles. The zero-order chi connectivity index (χ0) is 18.5. The third-order valence-electron chi connectivity index (χ3n) is 4.25. The van der Waals surface area contributed by atoms with Crippen molar-refractivity contribution < 1.29 is 13.9 Å². The maximum absolute atomic E-state index is 12.3. The molecule has 26 heavy (non-hydrogen) atoms. The largest absolute Gasteiger partial charge is 0.490 e. The summed E-state index contributed by atoms with van der Waals surface area (Å²) >= 11 is 0. The van der Waals surface area contributed by atoms with Gasteiger partial charge < -0.3 is 19.8 Å². The van der Waals surface area contributed by atoms with Crippen molar-refractivity contribution in [3.05, 3.63) is 65.9 Å². The van der Waals surface area contributed by atoms with Gasteiger partial charge in [-0.3, -0.25) is 0 Å². The van der Waals surface area contributed by atoms with E-state index in [0.717, 1.165) is 10.9 Å². The van der Waals surface area contributed by atoms with E-state index in [9.17, 15) is 4.79 Å². The van der Waals surface area contributed by atoms with Gasteiger partial charge in [-0.1, -0.05) is 42.5 Å². The highest BCUT2D eigenvalue weighted by Gasteiger charge is 2.17. The molecule has 3 rings (SSSR count). The van der Waals surface area contributed by atoms with Gasteiger partial charge in [0.15, 0.2) is 11.3 Å². The van der Waals surface area contributed by atoms with Crippen LogP contribution in [0.5, 0.6) is 5.75 Å². The van der Waals surface area contributed by atoms with Gasteiger partial charge in [0.1, 0.15) is 5.76 Å². The molecule has 2 amide bonds. The van der Waals surface area contributed by atoms with Gasteiger partial charge in [0.25, 0.3) is 0 Å². The van der Waals surface area contributed by atoms with Crippen LogP contribution in [0.15, 0.2) is 59.0 Å². The molecular weight excluding hydrogens is 328 g/mol. The predicted molar refractivity (Wildman–Crippen MR) is 102 cm³/mol. The van der Waals surface area contributed by atoms with Crippen LogP contribution in [0.4, 0.5) is 4.79 Å². The Labute approximate surface area is 153 Å². The van der Waals surface area contributed by atoms with Crippen LogP contribution >= 0.6 is 0 Å². The van der Waals surface area contributed by atoms with E-state index in [-0.39, 0.29) is 18.1 Å². The van der Waals surface area contributed by atoms with Crippen LogP contribution in [0.2, 0.25) is 0 Å². The van der Waals surface area contributed by atoms with Gasteiger partial charge in [0.2, 0.25) is 0 Å². The number of hydrogen-bond acceptors (Lipinski definition) is 3. The summed E-state index contributed by atoms with van der Waals surface area (Å²) < 4.78 is 11.5. The molecule has 2 aromatic carbocycles. The minimum absolute atomic E-state index is 0.0800. The van der Waals surface area contributed by atoms with Gasteiger partial charge in [0, 0.05) is 5.39 Å². The van der Waals surface area contributed by atoms with Crippen molar-refractivity contribution >= 4 is 17.0 Å². The molecule has 2 N–H and O–H groups in total. The summed E-state index contributed by atoms with van der Waals surface area (Å²) in [6, 6.07) is 17.0. The Morgan fingerprint density at radius 3 is 2.50 bits per heavy atom. The lowest BCUT2D eigenvalue weighted by Gasteiger charge is -2.17. The van der Waals surface area contributed by atoms with Crippen molar-refractivity contribution in [3.63, 3.8) is 0 Å². The van der Waals surface area contributed by atoms with E-state index in [1.54, 1.807) is 0 Å². The summed E-state index contributed by atoms with van der Waals surface area (Å²) in [5.74, 6) is 1.40.